The van der Waals surface area contributed by atoms with Crippen molar-refractivity contribution in [3.63, 3.8) is 0 Å². The summed E-state index contributed by atoms with van der Waals surface area (Å²) in [5.74, 6) is -7.10. The molecule has 2 aliphatic heterocycles. The largest absolute Gasteiger partial charge is 0.477 e. The van der Waals surface area contributed by atoms with Crippen LogP contribution in [-0.4, -0.2) is 84.5 Å². The molecule has 0 aromatic carbocycles. The number of carbonyl (C=O) groups is 3. The molecule has 1 saturated heterocycles. The molecule has 1 aliphatic carbocycles. The van der Waals surface area contributed by atoms with Crippen LogP contribution >= 0.6 is 0 Å². The van der Waals surface area contributed by atoms with Gasteiger partial charge in [0, 0.05) is 30.2 Å². The topological polar surface area (TPSA) is 181 Å². The molecule has 4 N–H and O–H groups in total. The average molecular weight is 552 g/mol. The standard InChI is InChI=1S/C24H26F2N4O9/c1-12-2-7-18(32)30(12)13-3-5-14(6-4-13)38-21(36)15(20(34)35)10-27-17-8-9-29(23(37)28-17)22-24(25,26)19(33)16(11-31)39-22/h2,7-10,13-14,16,19,22,31,33H,1,3-6,11H2,(H,34,35)(H,27,28,37)/b15-10+/t13?,14?,16-,19?,22-/m1/s1. The van der Waals surface area contributed by atoms with E-state index in [1.54, 1.807) is 11.0 Å². The Bertz CT molecular complexity index is 1270. The Morgan fingerprint density at radius 1 is 1.26 bits per heavy atom. The number of aliphatic hydroxyl groups is 2. The monoisotopic (exact) mass is 552 g/mol. The lowest BCUT2D eigenvalue weighted by molar-refractivity contribution is -0.150. The van der Waals surface area contributed by atoms with Gasteiger partial charge >= 0.3 is 23.6 Å². The highest BCUT2D eigenvalue weighted by Gasteiger charge is 2.59. The summed E-state index contributed by atoms with van der Waals surface area (Å²) < 4.78 is 39.3. The molecule has 1 aromatic rings. The molecule has 3 heterocycles. The van der Waals surface area contributed by atoms with E-state index in [2.05, 4.69) is 16.9 Å². The van der Waals surface area contributed by atoms with Crippen molar-refractivity contribution in [3.8, 4) is 0 Å². The van der Waals surface area contributed by atoms with Gasteiger partial charge in [0.1, 0.15) is 18.0 Å². The number of aliphatic hydroxyl groups excluding tert-OH is 2. The van der Waals surface area contributed by atoms with Gasteiger partial charge in [0.05, 0.1) is 6.61 Å². The predicted molar refractivity (Wildman–Crippen MR) is 127 cm³/mol. The minimum Gasteiger partial charge on any atom is -0.477 e. The maximum absolute atomic E-state index is 14.3. The van der Waals surface area contributed by atoms with Crippen LogP contribution in [0.25, 0.3) is 0 Å². The zero-order valence-corrected chi connectivity index (χ0v) is 20.4. The number of carbonyl (C=O) groups excluding carboxylic acids is 2. The van der Waals surface area contributed by atoms with Crippen molar-refractivity contribution in [2.45, 2.75) is 62.2 Å². The molecule has 15 heteroatoms. The maximum atomic E-state index is 14.3. The van der Waals surface area contributed by atoms with E-state index < -0.39 is 60.3 Å². The van der Waals surface area contributed by atoms with Gasteiger partial charge in [-0.15, -0.1) is 0 Å². The summed E-state index contributed by atoms with van der Waals surface area (Å²) in [6, 6.07) is 0.941. The summed E-state index contributed by atoms with van der Waals surface area (Å²) >= 11 is 0. The Labute approximate surface area is 219 Å². The molecule has 210 valence electrons. The zero-order valence-electron chi connectivity index (χ0n) is 20.4. The number of amides is 1. The number of carboxylic acid groups (broad SMARTS) is 1. The number of rotatable bonds is 8. The van der Waals surface area contributed by atoms with Crippen LogP contribution in [0.1, 0.15) is 31.9 Å². The number of carboxylic acids is 1. The lowest BCUT2D eigenvalue weighted by atomic mass is 9.91. The SMILES string of the molecule is C=C1C=CC(=O)N1C1CCC(OC(=O)/C(=C/Nc2ccn([C@@H]3O[C@H](CO)C(O)C3(F)F)c(=O)n2)C(=O)O)CC1. The molecule has 39 heavy (non-hydrogen) atoms. The first kappa shape index (κ1) is 28.1. The van der Waals surface area contributed by atoms with Gasteiger partial charge in [0.25, 0.3) is 5.91 Å². The number of aromatic nitrogens is 2. The van der Waals surface area contributed by atoms with E-state index in [0.717, 1.165) is 18.5 Å². The summed E-state index contributed by atoms with van der Waals surface area (Å²) in [7, 11) is 0. The number of nitrogens with zero attached hydrogens (tertiary/aromatic N) is 3. The number of esters is 1. The van der Waals surface area contributed by atoms with E-state index in [1.807, 2.05) is 0 Å². The summed E-state index contributed by atoms with van der Waals surface area (Å²) in [5, 5.41) is 30.6. The highest BCUT2D eigenvalue weighted by atomic mass is 19.3. The smallest absolute Gasteiger partial charge is 0.351 e. The van der Waals surface area contributed by atoms with Gasteiger partial charge in [-0.05, 0) is 37.8 Å². The Morgan fingerprint density at radius 3 is 2.49 bits per heavy atom. The van der Waals surface area contributed by atoms with Crippen molar-refractivity contribution < 1.29 is 48.0 Å². The first-order chi connectivity index (χ1) is 18.4. The number of anilines is 1. The Hall–Kier alpha value is -3.95. The molecule has 0 bridgehead atoms. The van der Waals surface area contributed by atoms with E-state index in [1.165, 1.54) is 6.08 Å². The van der Waals surface area contributed by atoms with Gasteiger partial charge in [-0.25, -0.2) is 14.4 Å². The van der Waals surface area contributed by atoms with Gasteiger partial charge in [-0.1, -0.05) is 6.58 Å². The first-order valence-electron chi connectivity index (χ1n) is 12.0. The van der Waals surface area contributed by atoms with E-state index >= 15 is 0 Å². The van der Waals surface area contributed by atoms with Crippen molar-refractivity contribution in [1.82, 2.24) is 14.5 Å². The van der Waals surface area contributed by atoms with Crippen LogP contribution in [-0.2, 0) is 23.9 Å². The predicted octanol–water partition coefficient (Wildman–Crippen LogP) is 0.276. The molecule has 1 amide bonds. The fourth-order valence-corrected chi connectivity index (χ4v) is 4.66. The molecule has 1 aromatic heterocycles. The van der Waals surface area contributed by atoms with Crippen LogP contribution in [0.4, 0.5) is 14.6 Å². The Morgan fingerprint density at radius 2 is 1.95 bits per heavy atom. The molecular weight excluding hydrogens is 526 g/mol. The number of alkyl halides is 2. The van der Waals surface area contributed by atoms with Gasteiger partial charge in [-0.2, -0.15) is 13.8 Å². The Kier molecular flexibility index (Phi) is 7.94. The van der Waals surface area contributed by atoms with Crippen molar-refractivity contribution >= 4 is 23.7 Å². The maximum Gasteiger partial charge on any atom is 0.351 e. The summed E-state index contributed by atoms with van der Waals surface area (Å²) in [6.07, 6.45) is -0.251. The quantitative estimate of drug-likeness (QED) is 0.151. The lowest BCUT2D eigenvalue weighted by Gasteiger charge is -2.34. The van der Waals surface area contributed by atoms with Gasteiger partial charge in [-0.3, -0.25) is 9.36 Å². The van der Waals surface area contributed by atoms with E-state index in [4.69, 9.17) is 14.6 Å². The third-order valence-electron chi connectivity index (χ3n) is 6.70. The molecule has 13 nitrogen and oxygen atoms in total. The second-order valence-corrected chi connectivity index (χ2v) is 9.21. The van der Waals surface area contributed by atoms with Crippen LogP contribution in [0.15, 0.2) is 53.3 Å². The van der Waals surface area contributed by atoms with Crippen LogP contribution in [0, 0.1) is 0 Å². The average Bonchev–Trinajstić information content (AvgIpc) is 3.33. The van der Waals surface area contributed by atoms with Gasteiger partial charge in [0.2, 0.25) is 6.23 Å². The van der Waals surface area contributed by atoms with Crippen molar-refractivity contribution in [2.24, 2.45) is 0 Å². The van der Waals surface area contributed by atoms with E-state index in [0.29, 0.717) is 35.9 Å². The number of hydrogen-bond acceptors (Lipinski definition) is 10. The fraction of sp³-hybridized carbons (Fsp3) is 0.458. The molecule has 2 fully saturated rings. The number of nitrogens with one attached hydrogen (secondary N) is 1. The number of hydrogen-bond donors (Lipinski definition) is 4. The van der Waals surface area contributed by atoms with Crippen LogP contribution < -0.4 is 11.0 Å². The van der Waals surface area contributed by atoms with Gasteiger partial charge < -0.3 is 35.0 Å². The van der Waals surface area contributed by atoms with Gasteiger partial charge in [0.15, 0.2) is 11.7 Å². The highest BCUT2D eigenvalue weighted by molar-refractivity contribution is 6.13. The number of allylic oxidation sites excluding steroid dienone is 1. The van der Waals surface area contributed by atoms with Crippen molar-refractivity contribution in [3.05, 3.63) is 58.9 Å². The molecule has 3 aliphatic rings. The number of aliphatic carboxylic acids is 1. The molecule has 0 radical (unpaired) electrons. The van der Waals surface area contributed by atoms with E-state index in [9.17, 15) is 38.2 Å². The molecule has 3 atom stereocenters. The number of halogens is 2. The second-order valence-electron chi connectivity index (χ2n) is 9.21. The summed E-state index contributed by atoms with van der Waals surface area (Å²) in [5.41, 5.74) is -1.44. The summed E-state index contributed by atoms with van der Waals surface area (Å²) in [6.45, 7) is 2.93. The van der Waals surface area contributed by atoms with Crippen LogP contribution in [0.2, 0.25) is 0 Å². The molecule has 1 saturated carbocycles. The highest BCUT2D eigenvalue weighted by Crippen LogP contribution is 2.42. The molecular formula is C24H26F2N4O9. The summed E-state index contributed by atoms with van der Waals surface area (Å²) in [4.78, 5) is 53.7. The lowest BCUT2D eigenvalue weighted by Crippen LogP contribution is -2.41. The van der Waals surface area contributed by atoms with E-state index in [-0.39, 0.29) is 17.8 Å². The van der Waals surface area contributed by atoms with Crippen LogP contribution in [0.3, 0.4) is 0 Å². The zero-order chi connectivity index (χ0) is 28.5. The van der Waals surface area contributed by atoms with Crippen molar-refractivity contribution in [1.29, 1.82) is 0 Å². The Balaban J connectivity index is 1.38. The van der Waals surface area contributed by atoms with Crippen molar-refractivity contribution in [2.75, 3.05) is 11.9 Å². The third kappa shape index (κ3) is 5.60. The first-order valence-corrected chi connectivity index (χ1v) is 12.0. The number of ether oxygens (including phenoxy) is 2. The third-order valence-corrected chi connectivity index (χ3v) is 6.70. The minimum absolute atomic E-state index is 0.105. The fourth-order valence-electron chi connectivity index (χ4n) is 4.66. The molecule has 0 spiro atoms. The minimum atomic E-state index is -3.90. The normalized spacial score (nSPS) is 28.6. The second kappa shape index (κ2) is 11.0. The molecule has 4 rings (SSSR count). The molecule has 1 unspecified atom stereocenters. The van der Waals surface area contributed by atoms with Crippen LogP contribution in [0.5, 0.6) is 0 Å².